The Labute approximate surface area is 84.2 Å². The van der Waals surface area contributed by atoms with Crippen molar-refractivity contribution in [2.45, 2.75) is 37.9 Å². The molecule has 0 saturated carbocycles. The van der Waals surface area contributed by atoms with Crippen LogP contribution in [-0.4, -0.2) is 30.0 Å². The van der Waals surface area contributed by atoms with E-state index in [1.165, 1.54) is 0 Å². The van der Waals surface area contributed by atoms with Crippen LogP contribution in [0.1, 0.15) is 20.8 Å². The van der Waals surface area contributed by atoms with Gasteiger partial charge in [-0.05, 0) is 20.8 Å². The Morgan fingerprint density at radius 3 is 2.69 bits per heavy atom. The molecule has 1 unspecified atom stereocenters. The molecule has 1 heterocycles. The Bertz CT molecular complexity index is 193. The summed E-state index contributed by atoms with van der Waals surface area (Å²) in [4.78, 5) is 10.5. The van der Waals surface area contributed by atoms with Crippen molar-refractivity contribution < 1.29 is 14.3 Å². The van der Waals surface area contributed by atoms with Gasteiger partial charge in [0.1, 0.15) is 6.29 Å². The monoisotopic (exact) mass is 204 g/mol. The standard InChI is InChI=1S/C9H16O3S/c1-6-7(8(13)4-10)5-11-9(2,3)12-6/h4,6-8,13H,5H2,1-3H3/t6?,7-,8-/m1/s1. The van der Waals surface area contributed by atoms with Crippen molar-refractivity contribution in [3.8, 4) is 0 Å². The van der Waals surface area contributed by atoms with Crippen LogP contribution in [0.2, 0.25) is 0 Å². The van der Waals surface area contributed by atoms with Gasteiger partial charge in [0.25, 0.3) is 0 Å². The number of carbonyl (C=O) groups is 1. The number of hydrogen-bond donors (Lipinski definition) is 1. The van der Waals surface area contributed by atoms with Crippen molar-refractivity contribution >= 4 is 18.9 Å². The van der Waals surface area contributed by atoms with Crippen molar-refractivity contribution in [2.75, 3.05) is 6.61 Å². The Morgan fingerprint density at radius 2 is 2.23 bits per heavy atom. The summed E-state index contributed by atoms with van der Waals surface area (Å²) in [5, 5.41) is -0.300. The fraction of sp³-hybridized carbons (Fsp3) is 0.889. The highest BCUT2D eigenvalue weighted by atomic mass is 32.1. The van der Waals surface area contributed by atoms with E-state index in [0.29, 0.717) is 6.61 Å². The molecule has 1 fully saturated rings. The minimum absolute atomic E-state index is 0.0106. The molecule has 3 atom stereocenters. The lowest BCUT2D eigenvalue weighted by molar-refractivity contribution is -0.287. The van der Waals surface area contributed by atoms with E-state index in [0.717, 1.165) is 6.29 Å². The molecule has 0 aromatic carbocycles. The van der Waals surface area contributed by atoms with Gasteiger partial charge in [-0.3, -0.25) is 0 Å². The minimum Gasteiger partial charge on any atom is -0.350 e. The van der Waals surface area contributed by atoms with Gasteiger partial charge < -0.3 is 14.3 Å². The van der Waals surface area contributed by atoms with Crippen LogP contribution in [-0.2, 0) is 14.3 Å². The van der Waals surface area contributed by atoms with Gasteiger partial charge in [0, 0.05) is 5.92 Å². The Morgan fingerprint density at radius 1 is 1.62 bits per heavy atom. The normalized spacial score (nSPS) is 35.4. The van der Waals surface area contributed by atoms with Gasteiger partial charge in [-0.1, -0.05) is 0 Å². The molecule has 0 N–H and O–H groups in total. The maximum Gasteiger partial charge on any atom is 0.163 e. The summed E-state index contributed by atoms with van der Waals surface area (Å²) in [6, 6.07) is 0. The number of ether oxygens (including phenoxy) is 2. The lowest BCUT2D eigenvalue weighted by atomic mass is 9.99. The van der Waals surface area contributed by atoms with Gasteiger partial charge in [0.15, 0.2) is 5.79 Å². The number of aldehydes is 1. The molecular formula is C9H16O3S. The predicted molar refractivity (Wildman–Crippen MR) is 52.9 cm³/mol. The summed E-state index contributed by atoms with van der Waals surface area (Å²) in [6.07, 6.45) is 0.839. The Kier molecular flexibility index (Phi) is 3.38. The number of rotatable bonds is 2. The molecule has 0 amide bonds. The van der Waals surface area contributed by atoms with E-state index in [4.69, 9.17) is 9.47 Å². The van der Waals surface area contributed by atoms with Crippen molar-refractivity contribution in [1.82, 2.24) is 0 Å². The summed E-state index contributed by atoms with van der Waals surface area (Å²) in [5.41, 5.74) is 0. The second-order valence-electron chi connectivity index (χ2n) is 3.82. The average molecular weight is 204 g/mol. The van der Waals surface area contributed by atoms with Crippen LogP contribution in [0.15, 0.2) is 0 Å². The first-order valence-corrected chi connectivity index (χ1v) is 4.93. The fourth-order valence-corrected chi connectivity index (χ4v) is 1.81. The molecule has 1 aliphatic rings. The zero-order valence-corrected chi connectivity index (χ0v) is 9.08. The molecule has 0 aromatic rings. The van der Waals surface area contributed by atoms with Gasteiger partial charge >= 0.3 is 0 Å². The summed E-state index contributed by atoms with van der Waals surface area (Å²) >= 11 is 4.16. The maximum atomic E-state index is 10.5. The molecule has 4 heteroatoms. The van der Waals surface area contributed by atoms with Gasteiger partial charge in [-0.25, -0.2) is 0 Å². The molecule has 0 aliphatic carbocycles. The lowest BCUT2D eigenvalue weighted by Crippen LogP contribution is -2.47. The second kappa shape index (κ2) is 3.98. The van der Waals surface area contributed by atoms with E-state index in [1.54, 1.807) is 0 Å². The van der Waals surface area contributed by atoms with E-state index < -0.39 is 5.79 Å². The smallest absolute Gasteiger partial charge is 0.163 e. The largest absolute Gasteiger partial charge is 0.350 e. The quantitative estimate of drug-likeness (QED) is 0.543. The lowest BCUT2D eigenvalue weighted by Gasteiger charge is -2.40. The first-order chi connectivity index (χ1) is 5.96. The fourth-order valence-electron chi connectivity index (χ4n) is 1.48. The third kappa shape index (κ3) is 2.69. The Balaban J connectivity index is 2.58. The molecule has 0 radical (unpaired) electrons. The van der Waals surface area contributed by atoms with Crippen LogP contribution in [0.3, 0.4) is 0 Å². The molecule has 1 saturated heterocycles. The molecule has 0 spiro atoms. The van der Waals surface area contributed by atoms with Gasteiger partial charge in [-0.2, -0.15) is 12.6 Å². The molecule has 3 nitrogen and oxygen atoms in total. The number of carbonyl (C=O) groups excluding carboxylic acids is 1. The zero-order valence-electron chi connectivity index (χ0n) is 8.19. The van der Waals surface area contributed by atoms with Crippen LogP contribution in [0.25, 0.3) is 0 Å². The summed E-state index contributed by atoms with van der Waals surface area (Å²) < 4.78 is 11.0. The number of thiol groups is 1. The third-order valence-electron chi connectivity index (χ3n) is 2.27. The van der Waals surface area contributed by atoms with Crippen molar-refractivity contribution in [1.29, 1.82) is 0 Å². The van der Waals surface area contributed by atoms with Gasteiger partial charge in [0.05, 0.1) is 18.0 Å². The molecule has 0 bridgehead atoms. The van der Waals surface area contributed by atoms with E-state index in [1.807, 2.05) is 20.8 Å². The van der Waals surface area contributed by atoms with E-state index in [-0.39, 0.29) is 17.3 Å². The maximum absolute atomic E-state index is 10.5. The predicted octanol–water partition coefficient (Wildman–Crippen LogP) is 1.27. The molecule has 0 aromatic heterocycles. The van der Waals surface area contributed by atoms with Crippen molar-refractivity contribution in [3.63, 3.8) is 0 Å². The van der Waals surface area contributed by atoms with Crippen LogP contribution in [0.5, 0.6) is 0 Å². The van der Waals surface area contributed by atoms with E-state index in [9.17, 15) is 4.79 Å². The van der Waals surface area contributed by atoms with Gasteiger partial charge in [0.2, 0.25) is 0 Å². The van der Waals surface area contributed by atoms with Crippen molar-refractivity contribution in [3.05, 3.63) is 0 Å². The van der Waals surface area contributed by atoms with Gasteiger partial charge in [-0.15, -0.1) is 0 Å². The van der Waals surface area contributed by atoms with Crippen LogP contribution in [0.4, 0.5) is 0 Å². The summed E-state index contributed by atoms with van der Waals surface area (Å²) in [6.45, 7) is 6.21. The zero-order chi connectivity index (χ0) is 10.1. The topological polar surface area (TPSA) is 35.5 Å². The SMILES string of the molecule is CC1OC(C)(C)OC[C@H]1[C@H](S)C=O. The van der Waals surface area contributed by atoms with Crippen molar-refractivity contribution in [2.24, 2.45) is 5.92 Å². The molecule has 1 rings (SSSR count). The van der Waals surface area contributed by atoms with E-state index in [2.05, 4.69) is 12.6 Å². The number of hydrogen-bond acceptors (Lipinski definition) is 4. The Hall–Kier alpha value is -0.0600. The first-order valence-electron chi connectivity index (χ1n) is 4.41. The summed E-state index contributed by atoms with van der Waals surface area (Å²) in [5.74, 6) is -0.486. The minimum atomic E-state index is -0.535. The second-order valence-corrected chi connectivity index (χ2v) is 4.42. The summed E-state index contributed by atoms with van der Waals surface area (Å²) in [7, 11) is 0. The highest BCUT2D eigenvalue weighted by molar-refractivity contribution is 7.81. The van der Waals surface area contributed by atoms with Crippen LogP contribution >= 0.6 is 12.6 Å². The highest BCUT2D eigenvalue weighted by Crippen LogP contribution is 2.28. The first kappa shape index (κ1) is 11.0. The molecule has 1 aliphatic heterocycles. The molecular weight excluding hydrogens is 188 g/mol. The molecule has 13 heavy (non-hydrogen) atoms. The van der Waals surface area contributed by atoms with Crippen LogP contribution in [0, 0.1) is 5.92 Å². The third-order valence-corrected chi connectivity index (χ3v) is 2.78. The van der Waals surface area contributed by atoms with E-state index >= 15 is 0 Å². The average Bonchev–Trinajstić information content (AvgIpc) is 2.01. The van der Waals surface area contributed by atoms with Crippen LogP contribution < -0.4 is 0 Å². The molecule has 76 valence electrons. The highest BCUT2D eigenvalue weighted by Gasteiger charge is 2.36.